The first-order chi connectivity index (χ1) is 22.2. The first kappa shape index (κ1) is 34.4. The number of ether oxygens (including phenoxy) is 3. The molecule has 2 aromatic rings. The fourth-order valence-electron chi connectivity index (χ4n) is 7.56. The molecule has 2 N–H and O–H groups in total. The van der Waals surface area contributed by atoms with Crippen LogP contribution in [0.5, 0.6) is 5.75 Å². The third-order valence-corrected chi connectivity index (χ3v) is 10.5. The summed E-state index contributed by atoms with van der Waals surface area (Å²) in [6.07, 6.45) is 6.57. The van der Waals surface area contributed by atoms with Crippen molar-refractivity contribution in [2.45, 2.75) is 97.0 Å². The number of aryl methyl sites for hydroxylation is 2. The highest BCUT2D eigenvalue weighted by atomic mass is 16.5. The number of H-pyrrole nitrogens is 1. The number of aromatic nitrogens is 1. The summed E-state index contributed by atoms with van der Waals surface area (Å²) in [6, 6.07) is 7.48. The van der Waals surface area contributed by atoms with Crippen LogP contribution in [-0.4, -0.2) is 105 Å². The molecule has 1 amide bonds. The van der Waals surface area contributed by atoms with Crippen LogP contribution in [0.4, 0.5) is 5.69 Å². The smallest absolute Gasteiger partial charge is 0.253 e. The number of likely N-dealkylation sites (N-methyl/N-ethyl adjacent to an activating group) is 1. The molecule has 46 heavy (non-hydrogen) atoms. The van der Waals surface area contributed by atoms with E-state index in [0.29, 0.717) is 29.3 Å². The molecule has 1 saturated heterocycles. The second-order valence-corrected chi connectivity index (χ2v) is 13.5. The van der Waals surface area contributed by atoms with Crippen LogP contribution in [-0.2, 0) is 16.0 Å². The van der Waals surface area contributed by atoms with Gasteiger partial charge in [-0.25, -0.2) is 0 Å². The van der Waals surface area contributed by atoms with Gasteiger partial charge in [-0.3, -0.25) is 14.5 Å². The van der Waals surface area contributed by atoms with E-state index in [4.69, 9.17) is 14.2 Å². The van der Waals surface area contributed by atoms with Gasteiger partial charge in [-0.2, -0.15) is 0 Å². The van der Waals surface area contributed by atoms with E-state index in [9.17, 15) is 9.59 Å². The standard InChI is InChI=1S/C36H55N5O5/c1-7-41(28-10-8-27(9-11-28)39(5)12-15-44-6)34-22-31(46-30-19-29(20-30)40-13-16-45-17-14-40)21-32(26(34)4)35(42)37-23-33-24(2)18-25(3)38-36(33)43/h18,21-22,27-30H,7-17,19-20,23H2,1-6H3,(H,37,42)(H,38,43). The van der Waals surface area contributed by atoms with Crippen LogP contribution in [0.25, 0.3) is 0 Å². The molecule has 2 aliphatic carbocycles. The minimum atomic E-state index is -0.192. The SMILES string of the molecule is CCN(c1cc(OC2CC(N3CCOCC3)C2)cc(C(=O)NCc2c(C)cc(C)[nH]c2=O)c1C)C1CCC(N(C)CCOC)CC1. The van der Waals surface area contributed by atoms with E-state index in [1.165, 1.54) is 0 Å². The lowest BCUT2D eigenvalue weighted by Crippen LogP contribution is -2.52. The van der Waals surface area contributed by atoms with Crippen molar-refractivity contribution < 1.29 is 19.0 Å². The summed E-state index contributed by atoms with van der Waals surface area (Å²) in [5, 5.41) is 3.05. The number of morpholine rings is 1. The minimum absolute atomic E-state index is 0.126. The van der Waals surface area contributed by atoms with Gasteiger partial charge in [0.1, 0.15) is 11.9 Å². The number of carbonyl (C=O) groups is 1. The Morgan fingerprint density at radius 1 is 1.07 bits per heavy atom. The highest BCUT2D eigenvalue weighted by Crippen LogP contribution is 2.37. The third kappa shape index (κ3) is 8.13. The van der Waals surface area contributed by atoms with Gasteiger partial charge in [0.2, 0.25) is 0 Å². The fraction of sp³-hybridized carbons (Fsp3) is 0.667. The Morgan fingerprint density at radius 2 is 1.76 bits per heavy atom. The molecule has 0 radical (unpaired) electrons. The average Bonchev–Trinajstić information content (AvgIpc) is 3.03. The molecule has 10 heteroatoms. The molecular weight excluding hydrogens is 582 g/mol. The molecule has 1 aliphatic heterocycles. The molecule has 2 saturated carbocycles. The molecule has 10 nitrogen and oxygen atoms in total. The predicted octanol–water partition coefficient (Wildman–Crippen LogP) is 4.19. The second kappa shape index (κ2) is 15.8. The molecule has 2 heterocycles. The quantitative estimate of drug-likeness (QED) is 0.338. The molecule has 3 fully saturated rings. The molecule has 0 atom stereocenters. The number of methoxy groups -OCH3 is 1. The lowest BCUT2D eigenvalue weighted by Gasteiger charge is -2.44. The Bertz CT molecular complexity index is 1380. The minimum Gasteiger partial charge on any atom is -0.490 e. The zero-order chi connectivity index (χ0) is 32.8. The highest BCUT2D eigenvalue weighted by Gasteiger charge is 2.36. The lowest BCUT2D eigenvalue weighted by atomic mass is 9.87. The molecule has 0 unspecified atom stereocenters. The molecule has 1 aromatic heterocycles. The first-order valence-electron chi connectivity index (χ1n) is 17.2. The van der Waals surface area contributed by atoms with Gasteiger partial charge in [-0.05, 0) is 83.7 Å². The Balaban J connectivity index is 1.35. The first-order valence-corrected chi connectivity index (χ1v) is 17.2. The number of amides is 1. The van der Waals surface area contributed by atoms with Crippen LogP contribution in [0.1, 0.15) is 78.2 Å². The van der Waals surface area contributed by atoms with E-state index in [1.807, 2.05) is 32.9 Å². The van der Waals surface area contributed by atoms with E-state index in [0.717, 1.165) is 113 Å². The van der Waals surface area contributed by atoms with Crippen LogP contribution in [0.3, 0.4) is 0 Å². The van der Waals surface area contributed by atoms with Crippen molar-refractivity contribution >= 4 is 11.6 Å². The monoisotopic (exact) mass is 637 g/mol. The maximum atomic E-state index is 13.8. The Labute approximate surface area is 274 Å². The summed E-state index contributed by atoms with van der Waals surface area (Å²) >= 11 is 0. The van der Waals surface area contributed by atoms with Gasteiger partial charge in [-0.15, -0.1) is 0 Å². The predicted molar refractivity (Wildman–Crippen MR) is 182 cm³/mol. The molecule has 5 rings (SSSR count). The van der Waals surface area contributed by atoms with Crippen molar-refractivity contribution in [2.75, 3.05) is 65.1 Å². The van der Waals surface area contributed by atoms with Gasteiger partial charge in [0.25, 0.3) is 11.5 Å². The number of rotatable bonds is 13. The van der Waals surface area contributed by atoms with Gasteiger partial charge in [0.05, 0.1) is 19.8 Å². The van der Waals surface area contributed by atoms with Crippen LogP contribution in [0.2, 0.25) is 0 Å². The normalized spacial score (nSPS) is 23.6. The number of anilines is 1. The van der Waals surface area contributed by atoms with Crippen molar-refractivity contribution in [3.8, 4) is 5.75 Å². The lowest BCUT2D eigenvalue weighted by molar-refractivity contribution is -0.0373. The highest BCUT2D eigenvalue weighted by molar-refractivity contribution is 5.97. The van der Waals surface area contributed by atoms with Gasteiger partial charge in [0, 0.05) is 99.4 Å². The third-order valence-electron chi connectivity index (χ3n) is 10.5. The summed E-state index contributed by atoms with van der Waals surface area (Å²) < 4.78 is 17.5. The summed E-state index contributed by atoms with van der Waals surface area (Å²) in [6.45, 7) is 14.3. The van der Waals surface area contributed by atoms with E-state index in [1.54, 1.807) is 7.11 Å². The molecule has 0 spiro atoms. The van der Waals surface area contributed by atoms with Crippen LogP contribution < -0.4 is 20.5 Å². The molecular formula is C36H55N5O5. The van der Waals surface area contributed by atoms with Crippen LogP contribution in [0, 0.1) is 20.8 Å². The van der Waals surface area contributed by atoms with Crippen molar-refractivity contribution in [2.24, 2.45) is 0 Å². The van der Waals surface area contributed by atoms with Crippen molar-refractivity contribution in [1.29, 1.82) is 0 Å². The van der Waals surface area contributed by atoms with Crippen LogP contribution in [0.15, 0.2) is 23.0 Å². The summed E-state index contributed by atoms with van der Waals surface area (Å²) in [5.41, 5.74) is 4.71. The second-order valence-electron chi connectivity index (χ2n) is 13.5. The zero-order valence-electron chi connectivity index (χ0n) is 28.8. The maximum Gasteiger partial charge on any atom is 0.253 e. The number of aromatic amines is 1. The summed E-state index contributed by atoms with van der Waals surface area (Å²) in [4.78, 5) is 36.8. The molecule has 0 bridgehead atoms. The number of hydrogen-bond donors (Lipinski definition) is 2. The van der Waals surface area contributed by atoms with Gasteiger partial charge >= 0.3 is 0 Å². The van der Waals surface area contributed by atoms with Gasteiger partial charge < -0.3 is 34.3 Å². The van der Waals surface area contributed by atoms with E-state index < -0.39 is 0 Å². The number of carbonyl (C=O) groups excluding carboxylic acids is 1. The van der Waals surface area contributed by atoms with Gasteiger partial charge in [-0.1, -0.05) is 0 Å². The molecule has 3 aliphatic rings. The maximum absolute atomic E-state index is 13.8. The van der Waals surface area contributed by atoms with Crippen molar-refractivity contribution in [1.82, 2.24) is 20.1 Å². The Hall–Kier alpha value is -2.92. The number of benzene rings is 1. The zero-order valence-corrected chi connectivity index (χ0v) is 28.8. The van der Waals surface area contributed by atoms with E-state index >= 15 is 0 Å². The summed E-state index contributed by atoms with van der Waals surface area (Å²) in [5.74, 6) is 0.551. The number of nitrogens with one attached hydrogen (secondary N) is 2. The van der Waals surface area contributed by atoms with E-state index in [-0.39, 0.29) is 24.1 Å². The van der Waals surface area contributed by atoms with E-state index in [2.05, 4.69) is 45.0 Å². The average molecular weight is 638 g/mol. The van der Waals surface area contributed by atoms with Crippen LogP contribution >= 0.6 is 0 Å². The van der Waals surface area contributed by atoms with Crippen molar-refractivity contribution in [3.63, 3.8) is 0 Å². The Kier molecular flexibility index (Phi) is 11.8. The number of pyridine rings is 1. The fourth-order valence-corrected chi connectivity index (χ4v) is 7.56. The van der Waals surface area contributed by atoms with Crippen molar-refractivity contribution in [3.05, 3.63) is 56.5 Å². The number of nitrogens with zero attached hydrogens (tertiary/aromatic N) is 3. The largest absolute Gasteiger partial charge is 0.490 e. The molecule has 254 valence electrons. The summed E-state index contributed by atoms with van der Waals surface area (Å²) in [7, 11) is 3.96. The van der Waals surface area contributed by atoms with Gasteiger partial charge in [0.15, 0.2) is 0 Å². The number of hydrogen-bond acceptors (Lipinski definition) is 8. The molecule has 1 aromatic carbocycles. The topological polar surface area (TPSA) is 99.4 Å². The Morgan fingerprint density at radius 3 is 2.41 bits per heavy atom.